The van der Waals surface area contributed by atoms with Crippen LogP contribution in [0.25, 0.3) is 5.76 Å². The maximum atomic E-state index is 13.4. The van der Waals surface area contributed by atoms with Gasteiger partial charge in [0.2, 0.25) is 0 Å². The smallest absolute Gasteiger partial charge is 0.300 e. The van der Waals surface area contributed by atoms with E-state index in [1.165, 1.54) is 30.2 Å². The largest absolute Gasteiger partial charge is 0.507 e. The molecule has 0 bridgehead atoms. The number of halogens is 1. The van der Waals surface area contributed by atoms with Crippen molar-refractivity contribution in [1.82, 2.24) is 0 Å². The third-order valence-electron chi connectivity index (χ3n) is 6.30. The van der Waals surface area contributed by atoms with E-state index in [2.05, 4.69) is 13.8 Å². The summed E-state index contributed by atoms with van der Waals surface area (Å²) in [4.78, 5) is 28.1. The van der Waals surface area contributed by atoms with Crippen LogP contribution in [0.2, 0.25) is 5.02 Å². The third kappa shape index (κ3) is 4.87. The Balaban J connectivity index is 1.95. The topological polar surface area (TPSA) is 96.3 Å². The van der Waals surface area contributed by atoms with Crippen molar-refractivity contribution in [1.29, 1.82) is 0 Å². The van der Waals surface area contributed by atoms with Crippen LogP contribution in [0.3, 0.4) is 0 Å². The second-order valence-corrected chi connectivity index (χ2v) is 9.33. The van der Waals surface area contributed by atoms with E-state index < -0.39 is 23.5 Å². The fraction of sp³-hybridized carbons (Fsp3) is 0.241. The molecule has 4 rings (SSSR count). The van der Waals surface area contributed by atoms with Crippen molar-refractivity contribution in [3.05, 3.63) is 87.9 Å². The molecule has 0 aromatic heterocycles. The summed E-state index contributed by atoms with van der Waals surface area (Å²) in [7, 11) is 1.42. The van der Waals surface area contributed by atoms with Crippen LogP contribution < -0.4 is 14.4 Å². The average molecular weight is 522 g/mol. The highest BCUT2D eigenvalue weighted by Gasteiger charge is 2.47. The van der Waals surface area contributed by atoms with E-state index in [9.17, 15) is 19.8 Å². The van der Waals surface area contributed by atoms with Gasteiger partial charge in [0.1, 0.15) is 11.5 Å². The second-order valence-electron chi connectivity index (χ2n) is 8.92. The molecule has 37 heavy (non-hydrogen) atoms. The van der Waals surface area contributed by atoms with Crippen molar-refractivity contribution in [2.75, 3.05) is 18.6 Å². The van der Waals surface area contributed by atoms with Crippen molar-refractivity contribution < 1.29 is 29.3 Å². The number of benzene rings is 3. The molecule has 1 atom stereocenters. The maximum Gasteiger partial charge on any atom is 0.300 e. The molecule has 8 heteroatoms. The summed E-state index contributed by atoms with van der Waals surface area (Å²) < 4.78 is 10.7. The highest BCUT2D eigenvalue weighted by Crippen LogP contribution is 2.45. The number of ketones is 1. The van der Waals surface area contributed by atoms with E-state index in [1.807, 2.05) is 19.1 Å². The molecule has 0 radical (unpaired) electrons. The number of hydrogen-bond donors (Lipinski definition) is 2. The van der Waals surface area contributed by atoms with E-state index >= 15 is 0 Å². The number of aromatic hydroxyl groups is 1. The number of anilines is 1. The van der Waals surface area contributed by atoms with Gasteiger partial charge in [0.05, 0.1) is 30.4 Å². The van der Waals surface area contributed by atoms with Crippen molar-refractivity contribution in [3.8, 4) is 17.2 Å². The highest BCUT2D eigenvalue weighted by atomic mass is 35.5. The quantitative estimate of drug-likeness (QED) is 0.218. The first-order valence-corrected chi connectivity index (χ1v) is 12.3. The second kappa shape index (κ2) is 10.6. The lowest BCUT2D eigenvalue weighted by molar-refractivity contribution is -0.132. The Hall–Kier alpha value is -3.97. The Morgan fingerprint density at radius 3 is 2.35 bits per heavy atom. The molecule has 1 heterocycles. The zero-order valence-electron chi connectivity index (χ0n) is 21.0. The van der Waals surface area contributed by atoms with Crippen LogP contribution in [0.1, 0.15) is 49.4 Å². The molecule has 0 saturated carbocycles. The summed E-state index contributed by atoms with van der Waals surface area (Å²) in [5, 5.41) is 22.1. The first-order valence-electron chi connectivity index (χ1n) is 11.9. The minimum atomic E-state index is -1.03. The first kappa shape index (κ1) is 26.1. The highest BCUT2D eigenvalue weighted by molar-refractivity contribution is 6.52. The van der Waals surface area contributed by atoms with Crippen molar-refractivity contribution in [2.24, 2.45) is 0 Å². The van der Waals surface area contributed by atoms with E-state index in [0.717, 1.165) is 5.56 Å². The van der Waals surface area contributed by atoms with Crippen molar-refractivity contribution >= 4 is 34.7 Å². The van der Waals surface area contributed by atoms with Gasteiger partial charge in [0.25, 0.3) is 11.7 Å². The minimum Gasteiger partial charge on any atom is -0.507 e. The SMILES string of the molecule is CCOc1ccc(Cl)c(/C(O)=C2\C(=O)C(=O)N(c3ccc(C(C)C)cc3)C2c2ccc(OC)c(O)c2)c1. The molecule has 1 aliphatic heterocycles. The molecule has 1 saturated heterocycles. The molecule has 7 nitrogen and oxygen atoms in total. The van der Waals surface area contributed by atoms with Crippen LogP contribution in [0.15, 0.2) is 66.2 Å². The molecule has 1 unspecified atom stereocenters. The van der Waals surface area contributed by atoms with Gasteiger partial charge in [-0.2, -0.15) is 0 Å². The molecule has 192 valence electrons. The lowest BCUT2D eigenvalue weighted by Crippen LogP contribution is -2.29. The predicted octanol–water partition coefficient (Wildman–Crippen LogP) is 6.20. The summed E-state index contributed by atoms with van der Waals surface area (Å²) in [6, 6.07) is 15.6. The standard InChI is InChI=1S/C29H28ClNO6/c1-5-37-20-11-12-22(30)21(15-20)27(33)25-26(18-8-13-24(36-4)23(32)14-18)31(29(35)28(25)34)19-9-6-17(7-10-19)16(2)3/h6-16,26,32-33H,5H2,1-4H3/b27-25+. The van der Waals surface area contributed by atoms with Gasteiger partial charge in [-0.1, -0.05) is 43.6 Å². The van der Waals surface area contributed by atoms with Crippen LogP contribution in [0.4, 0.5) is 5.69 Å². The molecule has 0 spiro atoms. The number of aliphatic hydroxyl groups excluding tert-OH is 1. The molecule has 1 fully saturated rings. The average Bonchev–Trinajstić information content (AvgIpc) is 3.15. The van der Waals surface area contributed by atoms with Gasteiger partial charge in [-0.15, -0.1) is 0 Å². The number of hydrogen-bond acceptors (Lipinski definition) is 6. The van der Waals surface area contributed by atoms with Gasteiger partial charge < -0.3 is 19.7 Å². The van der Waals surface area contributed by atoms with Gasteiger partial charge in [0.15, 0.2) is 11.5 Å². The number of phenolic OH excluding ortho intramolecular Hbond substituents is 1. The van der Waals surface area contributed by atoms with E-state index in [-0.39, 0.29) is 33.6 Å². The Kier molecular flexibility index (Phi) is 7.45. The number of amides is 1. The van der Waals surface area contributed by atoms with Crippen LogP contribution in [0, 0.1) is 0 Å². The number of phenols is 1. The maximum absolute atomic E-state index is 13.4. The Labute approximate surface area is 220 Å². The van der Waals surface area contributed by atoms with Gasteiger partial charge >= 0.3 is 0 Å². The zero-order valence-corrected chi connectivity index (χ0v) is 21.7. The fourth-order valence-corrected chi connectivity index (χ4v) is 4.61. The molecule has 3 aromatic carbocycles. The zero-order chi connectivity index (χ0) is 26.9. The lowest BCUT2D eigenvalue weighted by Gasteiger charge is -2.26. The number of carbonyl (C=O) groups excluding carboxylic acids is 2. The fourth-order valence-electron chi connectivity index (χ4n) is 4.40. The van der Waals surface area contributed by atoms with Crippen molar-refractivity contribution in [2.45, 2.75) is 32.7 Å². The van der Waals surface area contributed by atoms with E-state index in [1.54, 1.807) is 30.3 Å². The molecule has 1 amide bonds. The number of methoxy groups -OCH3 is 1. The Morgan fingerprint density at radius 2 is 1.76 bits per heavy atom. The summed E-state index contributed by atoms with van der Waals surface area (Å²) in [6.07, 6.45) is 0. The van der Waals surface area contributed by atoms with Crippen LogP contribution in [0.5, 0.6) is 17.2 Å². The molecule has 1 aliphatic rings. The molecule has 3 aromatic rings. The van der Waals surface area contributed by atoms with Gasteiger partial charge in [-0.3, -0.25) is 14.5 Å². The summed E-state index contributed by atoms with van der Waals surface area (Å²) in [5.74, 6) is -1.33. The number of rotatable bonds is 7. The summed E-state index contributed by atoms with van der Waals surface area (Å²) >= 11 is 6.40. The number of ether oxygens (including phenoxy) is 2. The molecule has 2 N–H and O–H groups in total. The monoisotopic (exact) mass is 521 g/mol. The number of Topliss-reactive ketones (excluding diaryl/α,β-unsaturated/α-hetero) is 1. The van der Waals surface area contributed by atoms with Crippen LogP contribution in [-0.2, 0) is 9.59 Å². The molecular weight excluding hydrogens is 494 g/mol. The Bertz CT molecular complexity index is 1380. The van der Waals surface area contributed by atoms with E-state index in [0.29, 0.717) is 23.6 Å². The van der Waals surface area contributed by atoms with E-state index in [4.69, 9.17) is 21.1 Å². The minimum absolute atomic E-state index is 0.155. The molecule has 0 aliphatic carbocycles. The van der Waals surface area contributed by atoms with Gasteiger partial charge in [-0.25, -0.2) is 0 Å². The van der Waals surface area contributed by atoms with Gasteiger partial charge in [-0.05, 0) is 66.4 Å². The number of aliphatic hydroxyl groups is 1. The first-order chi connectivity index (χ1) is 17.7. The van der Waals surface area contributed by atoms with Crippen LogP contribution in [-0.4, -0.2) is 35.6 Å². The normalized spacial score (nSPS) is 16.9. The summed E-state index contributed by atoms with van der Waals surface area (Å²) in [6.45, 7) is 6.33. The summed E-state index contributed by atoms with van der Waals surface area (Å²) in [5.41, 5.74) is 1.95. The van der Waals surface area contributed by atoms with Crippen molar-refractivity contribution in [3.63, 3.8) is 0 Å². The third-order valence-corrected chi connectivity index (χ3v) is 6.63. The molecular formula is C29H28ClNO6. The number of carbonyl (C=O) groups is 2. The Morgan fingerprint density at radius 1 is 1.05 bits per heavy atom. The lowest BCUT2D eigenvalue weighted by atomic mass is 9.94. The van der Waals surface area contributed by atoms with Crippen LogP contribution >= 0.6 is 11.6 Å². The predicted molar refractivity (Wildman–Crippen MR) is 143 cm³/mol. The number of nitrogens with zero attached hydrogens (tertiary/aromatic N) is 1. The van der Waals surface area contributed by atoms with Gasteiger partial charge in [0, 0.05) is 11.3 Å².